The average molecular weight is 350 g/mol. The summed E-state index contributed by atoms with van der Waals surface area (Å²) < 4.78 is 15.5. The molecule has 130 valence electrons. The number of hydrogen-bond donors (Lipinski definition) is 0. The standard InChI is InChI=1S/C19H14N2O5/c1-12-14-5-2-3-6-15(14)19(23)21(12)10-18(22)25-11-13-9-17(26-20-13)16-7-4-8-24-16/h2-9H,1,10-11H2. The van der Waals surface area contributed by atoms with E-state index < -0.39 is 5.97 Å². The van der Waals surface area contributed by atoms with Crippen LogP contribution in [0.15, 0.2) is 64.2 Å². The molecule has 2 aromatic heterocycles. The number of carbonyl (C=O) groups excluding carboxylic acids is 2. The van der Waals surface area contributed by atoms with Crippen molar-refractivity contribution in [1.82, 2.24) is 10.1 Å². The summed E-state index contributed by atoms with van der Waals surface area (Å²) in [5.41, 5.74) is 2.19. The molecular formula is C19H14N2O5. The van der Waals surface area contributed by atoms with Crippen molar-refractivity contribution in [3.05, 3.63) is 72.1 Å². The van der Waals surface area contributed by atoms with E-state index in [1.54, 1.807) is 36.4 Å². The van der Waals surface area contributed by atoms with Crippen LogP contribution in [0.4, 0.5) is 0 Å². The normalized spacial score (nSPS) is 13.2. The second-order valence-electron chi connectivity index (χ2n) is 5.70. The fourth-order valence-electron chi connectivity index (χ4n) is 2.75. The number of amides is 1. The van der Waals surface area contributed by atoms with Crippen LogP contribution in [0.2, 0.25) is 0 Å². The van der Waals surface area contributed by atoms with Gasteiger partial charge in [0.25, 0.3) is 5.91 Å². The van der Waals surface area contributed by atoms with Gasteiger partial charge in [-0.2, -0.15) is 0 Å². The highest BCUT2D eigenvalue weighted by molar-refractivity contribution is 6.10. The molecule has 0 atom stereocenters. The summed E-state index contributed by atoms with van der Waals surface area (Å²) in [5.74, 6) is 0.158. The van der Waals surface area contributed by atoms with Crippen molar-refractivity contribution in [3.63, 3.8) is 0 Å². The maximum absolute atomic E-state index is 12.4. The molecular weight excluding hydrogens is 336 g/mol. The summed E-state index contributed by atoms with van der Waals surface area (Å²) in [5, 5.41) is 3.83. The number of hydrogen-bond acceptors (Lipinski definition) is 6. The van der Waals surface area contributed by atoms with Crippen LogP contribution >= 0.6 is 0 Å². The molecule has 0 unspecified atom stereocenters. The molecule has 0 spiro atoms. The Morgan fingerprint density at radius 1 is 1.15 bits per heavy atom. The van der Waals surface area contributed by atoms with Gasteiger partial charge in [0.15, 0.2) is 5.76 Å². The van der Waals surface area contributed by atoms with Crippen LogP contribution in [-0.2, 0) is 16.1 Å². The lowest BCUT2D eigenvalue weighted by atomic mass is 10.1. The summed E-state index contributed by atoms with van der Waals surface area (Å²) in [7, 11) is 0. The molecule has 0 bridgehead atoms. The summed E-state index contributed by atoms with van der Waals surface area (Å²) in [4.78, 5) is 25.8. The second kappa shape index (κ2) is 6.36. The minimum Gasteiger partial charge on any atom is -0.461 e. The van der Waals surface area contributed by atoms with E-state index in [1.807, 2.05) is 6.07 Å². The summed E-state index contributed by atoms with van der Waals surface area (Å²) in [6.45, 7) is 3.61. The monoisotopic (exact) mass is 350 g/mol. The number of carbonyl (C=O) groups is 2. The van der Waals surface area contributed by atoms with Gasteiger partial charge >= 0.3 is 5.97 Å². The van der Waals surface area contributed by atoms with Gasteiger partial charge in [-0.25, -0.2) is 0 Å². The van der Waals surface area contributed by atoms with Gasteiger partial charge in [0, 0.05) is 22.9 Å². The fraction of sp³-hybridized carbons (Fsp3) is 0.105. The fourth-order valence-corrected chi connectivity index (χ4v) is 2.75. The third-order valence-corrected chi connectivity index (χ3v) is 4.03. The number of ether oxygens (including phenoxy) is 1. The average Bonchev–Trinajstić information content (AvgIpc) is 3.38. The molecule has 0 fully saturated rings. The van der Waals surface area contributed by atoms with Gasteiger partial charge in [-0.3, -0.25) is 14.5 Å². The predicted octanol–water partition coefficient (Wildman–Crippen LogP) is 3.10. The first-order valence-corrected chi connectivity index (χ1v) is 7.89. The van der Waals surface area contributed by atoms with E-state index in [0.29, 0.717) is 28.5 Å². The highest BCUT2D eigenvalue weighted by Crippen LogP contribution is 2.30. The van der Waals surface area contributed by atoms with Gasteiger partial charge < -0.3 is 13.7 Å². The quantitative estimate of drug-likeness (QED) is 0.657. The van der Waals surface area contributed by atoms with Crippen LogP contribution in [0.1, 0.15) is 21.6 Å². The molecule has 4 rings (SSSR count). The second-order valence-corrected chi connectivity index (χ2v) is 5.70. The number of esters is 1. The molecule has 7 nitrogen and oxygen atoms in total. The Kier molecular flexibility index (Phi) is 3.89. The Morgan fingerprint density at radius 3 is 2.69 bits per heavy atom. The molecule has 1 aliphatic heterocycles. The first kappa shape index (κ1) is 15.9. The molecule has 26 heavy (non-hydrogen) atoms. The Bertz CT molecular complexity index is 952. The minimum atomic E-state index is -0.560. The Hall–Kier alpha value is -3.61. The highest BCUT2D eigenvalue weighted by atomic mass is 16.5. The third-order valence-electron chi connectivity index (χ3n) is 4.03. The van der Waals surface area contributed by atoms with Crippen LogP contribution in [0.25, 0.3) is 17.2 Å². The van der Waals surface area contributed by atoms with Gasteiger partial charge in [-0.05, 0) is 18.2 Å². The van der Waals surface area contributed by atoms with E-state index in [9.17, 15) is 9.59 Å². The number of nitrogens with zero attached hydrogens (tertiary/aromatic N) is 2. The minimum absolute atomic E-state index is 0.0650. The number of fused-ring (bicyclic) bond motifs is 1. The zero-order valence-electron chi connectivity index (χ0n) is 13.7. The molecule has 1 aliphatic rings. The molecule has 7 heteroatoms. The maximum atomic E-state index is 12.4. The Labute approximate surface area is 148 Å². The number of aromatic nitrogens is 1. The van der Waals surface area contributed by atoms with Crippen LogP contribution in [0, 0.1) is 0 Å². The van der Waals surface area contributed by atoms with Crippen molar-refractivity contribution < 1.29 is 23.3 Å². The van der Waals surface area contributed by atoms with E-state index in [-0.39, 0.29) is 19.1 Å². The summed E-state index contributed by atoms with van der Waals surface area (Å²) >= 11 is 0. The van der Waals surface area contributed by atoms with Gasteiger partial charge in [-0.15, -0.1) is 0 Å². The third kappa shape index (κ3) is 2.79. The molecule has 3 aromatic rings. The van der Waals surface area contributed by atoms with Gasteiger partial charge in [0.2, 0.25) is 5.76 Å². The molecule has 0 radical (unpaired) electrons. The van der Waals surface area contributed by atoms with Crippen molar-refractivity contribution in [2.24, 2.45) is 0 Å². The summed E-state index contributed by atoms with van der Waals surface area (Å²) in [6, 6.07) is 12.2. The molecule has 1 aromatic carbocycles. The zero-order valence-corrected chi connectivity index (χ0v) is 13.7. The van der Waals surface area contributed by atoms with Crippen LogP contribution in [-0.4, -0.2) is 28.5 Å². The van der Waals surface area contributed by atoms with E-state index in [4.69, 9.17) is 13.7 Å². The van der Waals surface area contributed by atoms with Crippen LogP contribution < -0.4 is 0 Å². The first-order valence-electron chi connectivity index (χ1n) is 7.89. The topological polar surface area (TPSA) is 85.8 Å². The van der Waals surface area contributed by atoms with E-state index >= 15 is 0 Å². The Balaban J connectivity index is 1.37. The maximum Gasteiger partial charge on any atom is 0.326 e. The highest BCUT2D eigenvalue weighted by Gasteiger charge is 2.32. The van der Waals surface area contributed by atoms with Gasteiger partial charge in [0.05, 0.1) is 6.26 Å². The predicted molar refractivity (Wildman–Crippen MR) is 90.5 cm³/mol. The first-order chi connectivity index (χ1) is 12.6. The van der Waals surface area contributed by atoms with Crippen molar-refractivity contribution in [2.75, 3.05) is 6.54 Å². The van der Waals surface area contributed by atoms with Gasteiger partial charge in [-0.1, -0.05) is 29.9 Å². The smallest absolute Gasteiger partial charge is 0.326 e. The van der Waals surface area contributed by atoms with Crippen molar-refractivity contribution in [3.8, 4) is 11.5 Å². The SMILES string of the molecule is C=C1c2ccccc2C(=O)N1CC(=O)OCc1cc(-c2ccco2)on1. The van der Waals surface area contributed by atoms with E-state index in [2.05, 4.69) is 11.7 Å². The molecule has 0 N–H and O–H groups in total. The Morgan fingerprint density at radius 2 is 1.96 bits per heavy atom. The van der Waals surface area contributed by atoms with Crippen molar-refractivity contribution >= 4 is 17.6 Å². The number of benzene rings is 1. The van der Waals surface area contributed by atoms with Crippen molar-refractivity contribution in [2.45, 2.75) is 6.61 Å². The van der Waals surface area contributed by atoms with Crippen LogP contribution in [0.3, 0.4) is 0 Å². The largest absolute Gasteiger partial charge is 0.461 e. The molecule has 0 saturated heterocycles. The molecule has 1 amide bonds. The van der Waals surface area contributed by atoms with E-state index in [0.717, 1.165) is 5.56 Å². The molecule has 0 aliphatic carbocycles. The lowest BCUT2D eigenvalue weighted by Gasteiger charge is -2.16. The lowest BCUT2D eigenvalue weighted by molar-refractivity contribution is -0.145. The molecule has 3 heterocycles. The number of furan rings is 1. The van der Waals surface area contributed by atoms with Crippen LogP contribution in [0.5, 0.6) is 0 Å². The van der Waals surface area contributed by atoms with Crippen molar-refractivity contribution in [1.29, 1.82) is 0 Å². The van der Waals surface area contributed by atoms with E-state index in [1.165, 1.54) is 11.2 Å². The summed E-state index contributed by atoms with van der Waals surface area (Å²) in [6.07, 6.45) is 1.52. The van der Waals surface area contributed by atoms with Gasteiger partial charge in [0.1, 0.15) is 18.8 Å². The number of rotatable bonds is 5. The lowest BCUT2D eigenvalue weighted by Crippen LogP contribution is -2.30. The zero-order chi connectivity index (χ0) is 18.1. The molecule has 0 saturated carbocycles.